The van der Waals surface area contributed by atoms with Crippen LogP contribution in [0.2, 0.25) is 5.02 Å². The Balaban J connectivity index is 1.57. The molecule has 0 radical (unpaired) electrons. The second kappa shape index (κ2) is 11.2. The first-order valence-corrected chi connectivity index (χ1v) is 12.9. The van der Waals surface area contributed by atoms with Gasteiger partial charge >= 0.3 is 6.18 Å². The van der Waals surface area contributed by atoms with E-state index in [9.17, 15) is 21.6 Å². The third-order valence-electron chi connectivity index (χ3n) is 5.59. The van der Waals surface area contributed by atoms with Gasteiger partial charge in [0.25, 0.3) is 0 Å². The van der Waals surface area contributed by atoms with E-state index in [1.165, 1.54) is 16.6 Å². The Morgan fingerprint density at radius 3 is 2.42 bits per heavy atom. The van der Waals surface area contributed by atoms with Crippen LogP contribution in [0, 0.1) is 0 Å². The molecule has 33 heavy (non-hydrogen) atoms. The fraction of sp³-hybridized carbons (Fsp3) is 0.478. The van der Waals surface area contributed by atoms with Crippen LogP contribution in [0.4, 0.5) is 13.2 Å². The van der Waals surface area contributed by atoms with Crippen LogP contribution < -0.4 is 0 Å². The highest BCUT2D eigenvalue weighted by Crippen LogP contribution is 2.36. The minimum absolute atomic E-state index is 0.115. The topological polar surface area (TPSA) is 49.9 Å². The summed E-state index contributed by atoms with van der Waals surface area (Å²) in [5, 5.41) is -0.263. The Morgan fingerprint density at radius 1 is 1.09 bits per heavy atom. The third-order valence-corrected chi connectivity index (χ3v) is 7.28. The molecular formula is C23H28ClF3N2O3S. The van der Waals surface area contributed by atoms with Gasteiger partial charge in [0.1, 0.15) is 0 Å². The Hall–Kier alpha value is -1.65. The summed E-state index contributed by atoms with van der Waals surface area (Å²) in [5.74, 6) is 0. The van der Waals surface area contributed by atoms with Gasteiger partial charge in [0.2, 0.25) is 10.0 Å². The molecule has 0 aromatic heterocycles. The zero-order valence-electron chi connectivity index (χ0n) is 18.4. The molecule has 2 aromatic rings. The average Bonchev–Trinajstić information content (AvgIpc) is 2.70. The lowest BCUT2D eigenvalue weighted by atomic mass is 10.1. The van der Waals surface area contributed by atoms with E-state index in [2.05, 4.69) is 4.90 Å². The molecule has 0 unspecified atom stereocenters. The monoisotopic (exact) mass is 504 g/mol. The maximum atomic E-state index is 13.2. The van der Waals surface area contributed by atoms with E-state index in [0.29, 0.717) is 51.3 Å². The lowest BCUT2D eigenvalue weighted by Gasteiger charge is -2.36. The van der Waals surface area contributed by atoms with Crippen LogP contribution in [0.15, 0.2) is 48.5 Å². The lowest BCUT2D eigenvalue weighted by molar-refractivity contribution is -0.137. The molecule has 3 rings (SSSR count). The van der Waals surface area contributed by atoms with Crippen molar-refractivity contribution in [1.82, 2.24) is 9.21 Å². The van der Waals surface area contributed by atoms with Crippen molar-refractivity contribution >= 4 is 21.6 Å². The Morgan fingerprint density at radius 2 is 1.79 bits per heavy atom. The number of sulfonamides is 1. The zero-order chi connectivity index (χ0) is 24.1. The smallest absolute Gasteiger partial charge is 0.375 e. The molecule has 0 aliphatic carbocycles. The normalized spacial score (nSPS) is 15.7. The van der Waals surface area contributed by atoms with E-state index in [1.807, 2.05) is 30.3 Å². The maximum Gasteiger partial charge on any atom is 0.417 e. The Bertz CT molecular complexity index is 1010. The van der Waals surface area contributed by atoms with Crippen molar-refractivity contribution in [2.45, 2.75) is 31.7 Å². The molecule has 0 saturated carbocycles. The summed E-state index contributed by atoms with van der Waals surface area (Å²) in [7, 11) is -3.18. The van der Waals surface area contributed by atoms with Crippen LogP contribution in [-0.2, 0) is 33.9 Å². The lowest BCUT2D eigenvalue weighted by Crippen LogP contribution is -2.54. The fourth-order valence-electron chi connectivity index (χ4n) is 3.68. The van der Waals surface area contributed by atoms with Crippen molar-refractivity contribution in [3.8, 4) is 0 Å². The highest BCUT2D eigenvalue weighted by atomic mass is 35.5. The summed E-state index contributed by atoms with van der Waals surface area (Å²) in [6.07, 6.45) is -2.02. The van der Waals surface area contributed by atoms with E-state index in [0.717, 1.165) is 18.1 Å². The first-order chi connectivity index (χ1) is 15.5. The summed E-state index contributed by atoms with van der Waals surface area (Å²) in [6.45, 7) is 2.72. The quantitative estimate of drug-likeness (QED) is 0.424. The molecule has 0 bridgehead atoms. The van der Waals surface area contributed by atoms with E-state index >= 15 is 0 Å². The molecule has 0 spiro atoms. The number of halogens is 4. The number of benzene rings is 2. The molecule has 0 N–H and O–H groups in total. The number of rotatable bonds is 11. The van der Waals surface area contributed by atoms with Gasteiger partial charge in [0.05, 0.1) is 22.9 Å². The van der Waals surface area contributed by atoms with Gasteiger partial charge in [-0.05, 0) is 30.0 Å². The highest BCUT2D eigenvalue weighted by Gasteiger charge is 2.34. The molecule has 1 aliphatic rings. The summed E-state index contributed by atoms with van der Waals surface area (Å²) < 4.78 is 69.7. The molecule has 2 aromatic carbocycles. The molecule has 5 nitrogen and oxygen atoms in total. The second-order valence-electron chi connectivity index (χ2n) is 8.21. The van der Waals surface area contributed by atoms with Gasteiger partial charge in [-0.1, -0.05) is 54.1 Å². The molecule has 0 atom stereocenters. The van der Waals surface area contributed by atoms with E-state index in [-0.39, 0.29) is 11.1 Å². The first kappa shape index (κ1) is 26.0. The van der Waals surface area contributed by atoms with E-state index in [4.69, 9.17) is 16.3 Å². The molecule has 1 fully saturated rings. The summed E-state index contributed by atoms with van der Waals surface area (Å²) in [4.78, 5) is 2.07. The van der Waals surface area contributed by atoms with Gasteiger partial charge in [-0.25, -0.2) is 8.42 Å². The number of alkyl halides is 3. The van der Waals surface area contributed by atoms with Crippen LogP contribution in [-0.4, -0.2) is 62.8 Å². The van der Waals surface area contributed by atoms with Crippen molar-refractivity contribution < 1.29 is 26.3 Å². The number of nitrogens with zero attached hydrogens (tertiary/aromatic N) is 2. The largest absolute Gasteiger partial charge is 0.417 e. The Labute approximate surface area is 198 Å². The molecule has 182 valence electrons. The molecule has 1 heterocycles. The Kier molecular flexibility index (Phi) is 8.80. The predicted octanol–water partition coefficient (Wildman–Crippen LogP) is 4.45. The minimum Gasteiger partial charge on any atom is -0.375 e. The highest BCUT2D eigenvalue weighted by molar-refractivity contribution is 7.88. The fourth-order valence-corrected chi connectivity index (χ4v) is 4.85. The van der Waals surface area contributed by atoms with Gasteiger partial charge in [-0.15, -0.1) is 0 Å². The van der Waals surface area contributed by atoms with Crippen LogP contribution in [0.1, 0.15) is 23.1 Å². The van der Waals surface area contributed by atoms with Crippen molar-refractivity contribution in [2.75, 3.05) is 39.0 Å². The van der Waals surface area contributed by atoms with Crippen molar-refractivity contribution in [3.05, 3.63) is 70.2 Å². The molecule has 1 saturated heterocycles. The molecular weight excluding hydrogens is 477 g/mol. The maximum absolute atomic E-state index is 13.2. The summed E-state index contributed by atoms with van der Waals surface area (Å²) >= 11 is 6.11. The van der Waals surface area contributed by atoms with Crippen LogP contribution in [0.3, 0.4) is 0 Å². The summed E-state index contributed by atoms with van der Waals surface area (Å²) in [6, 6.07) is 13.9. The van der Waals surface area contributed by atoms with E-state index in [1.54, 1.807) is 6.07 Å². The zero-order valence-corrected chi connectivity index (χ0v) is 20.0. The van der Waals surface area contributed by atoms with Gasteiger partial charge in [0, 0.05) is 39.3 Å². The first-order valence-electron chi connectivity index (χ1n) is 10.7. The van der Waals surface area contributed by atoms with Gasteiger partial charge in [-0.2, -0.15) is 17.5 Å². The van der Waals surface area contributed by atoms with Gasteiger partial charge in [-0.3, -0.25) is 4.90 Å². The van der Waals surface area contributed by atoms with Gasteiger partial charge in [0.15, 0.2) is 0 Å². The van der Waals surface area contributed by atoms with Gasteiger partial charge < -0.3 is 4.74 Å². The number of hydrogen-bond acceptors (Lipinski definition) is 4. The van der Waals surface area contributed by atoms with Crippen molar-refractivity contribution in [3.63, 3.8) is 0 Å². The average molecular weight is 505 g/mol. The molecule has 1 aliphatic heterocycles. The second-order valence-corrected chi connectivity index (χ2v) is 10.6. The number of hydrogen-bond donors (Lipinski definition) is 0. The van der Waals surface area contributed by atoms with E-state index < -0.39 is 21.8 Å². The predicted molar refractivity (Wildman–Crippen MR) is 123 cm³/mol. The minimum atomic E-state index is -4.50. The SMILES string of the molecule is CS(=O)(=O)N1CC(OCCCN(CCc2ccccc2)Cc2cccc(C(F)(F)F)c2Cl)C1. The van der Waals surface area contributed by atoms with Crippen LogP contribution >= 0.6 is 11.6 Å². The summed E-state index contributed by atoms with van der Waals surface area (Å²) in [5.41, 5.74) is 0.751. The number of ether oxygens (including phenoxy) is 1. The van der Waals surface area contributed by atoms with Crippen LogP contribution in [0.25, 0.3) is 0 Å². The standard InChI is InChI=1S/C23H28ClF3N2O3S/c1-33(30,31)29-16-20(17-29)32-14-6-12-28(13-11-18-7-3-2-4-8-18)15-19-9-5-10-21(22(19)24)23(25,26)27/h2-5,7-10,20H,6,11-17H2,1H3. The third kappa shape index (κ3) is 7.68. The molecule has 0 amide bonds. The van der Waals surface area contributed by atoms with Crippen molar-refractivity contribution in [2.24, 2.45) is 0 Å². The molecule has 10 heteroatoms. The van der Waals surface area contributed by atoms with Crippen LogP contribution in [0.5, 0.6) is 0 Å². The van der Waals surface area contributed by atoms with Crippen molar-refractivity contribution in [1.29, 1.82) is 0 Å².